The van der Waals surface area contributed by atoms with Crippen molar-refractivity contribution < 1.29 is 13.6 Å². The molecule has 4 rings (SSSR count). The van der Waals surface area contributed by atoms with Gasteiger partial charge in [0.25, 0.3) is 5.91 Å². The number of carbonyl (C=O) groups excluding carboxylic acids is 1. The molecule has 138 valence electrons. The molecule has 0 atom stereocenters. The van der Waals surface area contributed by atoms with Crippen LogP contribution < -0.4 is 10.2 Å². The first kappa shape index (κ1) is 17.1. The van der Waals surface area contributed by atoms with Gasteiger partial charge in [-0.15, -0.1) is 0 Å². The topological polar surface area (TPSA) is 37.3 Å². The summed E-state index contributed by atoms with van der Waals surface area (Å²) in [6.07, 6.45) is 4.14. The number of aryl methyl sites for hydroxylation is 1. The fourth-order valence-electron chi connectivity index (χ4n) is 3.98. The highest BCUT2D eigenvalue weighted by Crippen LogP contribution is 2.38. The zero-order valence-electron chi connectivity index (χ0n) is 15.1. The zero-order valence-corrected chi connectivity index (χ0v) is 15.1. The van der Waals surface area contributed by atoms with E-state index in [-0.39, 0.29) is 17.3 Å². The second-order valence-electron chi connectivity index (χ2n) is 7.32. The molecule has 1 aromatic carbocycles. The van der Waals surface area contributed by atoms with Crippen LogP contribution in [-0.2, 0) is 0 Å². The molecule has 1 aliphatic heterocycles. The van der Waals surface area contributed by atoms with E-state index in [0.717, 1.165) is 37.1 Å². The molecule has 6 heteroatoms. The Morgan fingerprint density at radius 3 is 2.27 bits per heavy atom. The van der Waals surface area contributed by atoms with E-state index in [2.05, 4.69) is 9.88 Å². The molecule has 1 aromatic heterocycles. The lowest BCUT2D eigenvalue weighted by molar-refractivity contribution is 0.102. The number of nitrogens with zero attached hydrogens (tertiary/aromatic N) is 2. The maximum atomic E-state index is 14.4. The summed E-state index contributed by atoms with van der Waals surface area (Å²) in [6.45, 7) is 5.21. The molecular formula is C20H23F2N3O. The van der Waals surface area contributed by atoms with Gasteiger partial charge < -0.3 is 14.8 Å². The quantitative estimate of drug-likeness (QED) is 0.868. The number of hydrogen-bond acceptors (Lipinski definition) is 2. The van der Waals surface area contributed by atoms with E-state index in [1.165, 1.54) is 12.1 Å². The monoisotopic (exact) mass is 359 g/mol. The van der Waals surface area contributed by atoms with E-state index in [1.54, 1.807) is 4.90 Å². The molecular weight excluding hydrogens is 336 g/mol. The van der Waals surface area contributed by atoms with Crippen molar-refractivity contribution in [2.45, 2.75) is 45.6 Å². The van der Waals surface area contributed by atoms with Crippen molar-refractivity contribution in [2.75, 3.05) is 23.3 Å². The van der Waals surface area contributed by atoms with Crippen molar-refractivity contribution in [1.82, 2.24) is 4.57 Å². The van der Waals surface area contributed by atoms with Crippen LogP contribution in [0.3, 0.4) is 0 Å². The van der Waals surface area contributed by atoms with Crippen LogP contribution in [0.4, 0.5) is 20.2 Å². The van der Waals surface area contributed by atoms with Gasteiger partial charge in [0.05, 0.1) is 5.56 Å². The summed E-state index contributed by atoms with van der Waals surface area (Å²) in [7, 11) is 0. The number of nitrogens with one attached hydrogen (secondary N) is 1. The Morgan fingerprint density at radius 2 is 1.69 bits per heavy atom. The average Bonchev–Trinajstić information content (AvgIpc) is 3.15. The predicted molar refractivity (Wildman–Crippen MR) is 97.9 cm³/mol. The van der Waals surface area contributed by atoms with Crippen molar-refractivity contribution in [1.29, 1.82) is 0 Å². The Morgan fingerprint density at radius 1 is 1.08 bits per heavy atom. The van der Waals surface area contributed by atoms with E-state index < -0.39 is 11.6 Å². The van der Waals surface area contributed by atoms with E-state index in [0.29, 0.717) is 24.7 Å². The minimum absolute atomic E-state index is 0.00686. The molecule has 1 aliphatic carbocycles. The molecule has 1 saturated heterocycles. The molecule has 0 radical (unpaired) electrons. The lowest BCUT2D eigenvalue weighted by Gasteiger charge is -2.19. The number of rotatable bonds is 4. The molecule has 1 N–H and O–H groups in total. The highest BCUT2D eigenvalue weighted by atomic mass is 19.1. The molecule has 26 heavy (non-hydrogen) atoms. The zero-order chi connectivity index (χ0) is 18.4. The first-order chi connectivity index (χ1) is 12.5. The third-order valence-electron chi connectivity index (χ3n) is 5.34. The minimum atomic E-state index is -0.634. The highest BCUT2D eigenvalue weighted by molar-refractivity contribution is 6.05. The fourth-order valence-corrected chi connectivity index (χ4v) is 3.98. The Balaban J connectivity index is 1.57. The second kappa shape index (κ2) is 6.41. The van der Waals surface area contributed by atoms with Gasteiger partial charge in [-0.3, -0.25) is 4.79 Å². The summed E-state index contributed by atoms with van der Waals surface area (Å²) in [6, 6.07) is 4.73. The van der Waals surface area contributed by atoms with Crippen LogP contribution in [-0.4, -0.2) is 23.6 Å². The van der Waals surface area contributed by atoms with Crippen LogP contribution in [0.1, 0.15) is 53.5 Å². The fraction of sp³-hybridized carbons (Fsp3) is 0.450. The van der Waals surface area contributed by atoms with Crippen molar-refractivity contribution in [2.24, 2.45) is 0 Å². The van der Waals surface area contributed by atoms with Gasteiger partial charge in [-0.1, -0.05) is 0 Å². The van der Waals surface area contributed by atoms with Gasteiger partial charge in [-0.05, 0) is 57.7 Å². The molecule has 2 fully saturated rings. The summed E-state index contributed by atoms with van der Waals surface area (Å²) in [4.78, 5) is 14.3. The molecule has 1 amide bonds. The lowest BCUT2D eigenvalue weighted by atomic mass is 10.2. The third-order valence-corrected chi connectivity index (χ3v) is 5.34. The second-order valence-corrected chi connectivity index (χ2v) is 7.32. The highest BCUT2D eigenvalue weighted by Gasteiger charge is 2.28. The van der Waals surface area contributed by atoms with Crippen molar-refractivity contribution in [3.8, 4) is 0 Å². The Hall–Kier alpha value is -2.37. The van der Waals surface area contributed by atoms with Crippen LogP contribution in [0.25, 0.3) is 0 Å². The average molecular weight is 359 g/mol. The number of amides is 1. The number of anilines is 2. The SMILES string of the molecule is Cc1cc(C(=O)Nc2cc(F)c(N3CCCC3)c(F)c2)c(C)n1C1CC1. The van der Waals surface area contributed by atoms with Gasteiger partial charge in [0.15, 0.2) is 11.6 Å². The first-order valence-electron chi connectivity index (χ1n) is 9.19. The molecule has 4 nitrogen and oxygen atoms in total. The van der Waals surface area contributed by atoms with Crippen LogP contribution in [0.2, 0.25) is 0 Å². The maximum absolute atomic E-state index is 14.4. The standard InChI is InChI=1S/C20H23F2N3O/c1-12-9-16(13(2)25(12)15-5-6-15)20(26)23-14-10-17(21)19(18(22)11-14)24-7-3-4-8-24/h9-11,15H,3-8H2,1-2H3,(H,23,26). The summed E-state index contributed by atoms with van der Waals surface area (Å²) in [5.74, 6) is -1.60. The van der Waals surface area contributed by atoms with Crippen molar-refractivity contribution >= 4 is 17.3 Å². The largest absolute Gasteiger partial charge is 0.367 e. The van der Waals surface area contributed by atoms with Crippen LogP contribution in [0.5, 0.6) is 0 Å². The Kier molecular flexibility index (Phi) is 4.21. The number of halogens is 2. The molecule has 1 saturated carbocycles. The van der Waals surface area contributed by atoms with Gasteiger partial charge in [0.1, 0.15) is 5.69 Å². The van der Waals surface area contributed by atoms with Crippen LogP contribution >= 0.6 is 0 Å². The minimum Gasteiger partial charge on any atom is -0.367 e. The van der Waals surface area contributed by atoms with Gasteiger partial charge in [0.2, 0.25) is 0 Å². The Bertz CT molecular complexity index is 841. The van der Waals surface area contributed by atoms with Gasteiger partial charge in [0, 0.05) is 36.2 Å². The predicted octanol–water partition coefficient (Wildman–Crippen LogP) is 4.57. The molecule has 2 heterocycles. The first-order valence-corrected chi connectivity index (χ1v) is 9.19. The molecule has 0 bridgehead atoms. The molecule has 0 spiro atoms. The number of benzene rings is 1. The molecule has 2 aliphatic rings. The number of carbonyl (C=O) groups is 1. The van der Waals surface area contributed by atoms with E-state index in [9.17, 15) is 13.6 Å². The van der Waals surface area contributed by atoms with Crippen molar-refractivity contribution in [3.05, 3.63) is 46.8 Å². The van der Waals surface area contributed by atoms with Crippen LogP contribution in [0, 0.1) is 25.5 Å². The maximum Gasteiger partial charge on any atom is 0.257 e. The summed E-state index contributed by atoms with van der Waals surface area (Å²) >= 11 is 0. The van der Waals surface area contributed by atoms with Gasteiger partial charge in [-0.2, -0.15) is 0 Å². The summed E-state index contributed by atoms with van der Waals surface area (Å²) < 4.78 is 31.1. The normalized spacial score (nSPS) is 17.0. The van der Waals surface area contributed by atoms with E-state index in [1.807, 2.05) is 19.9 Å². The van der Waals surface area contributed by atoms with Crippen LogP contribution in [0.15, 0.2) is 18.2 Å². The Labute approximate surface area is 151 Å². The van der Waals surface area contributed by atoms with E-state index in [4.69, 9.17) is 0 Å². The summed E-state index contributed by atoms with van der Waals surface area (Å²) in [5.41, 5.74) is 2.64. The van der Waals surface area contributed by atoms with Crippen molar-refractivity contribution in [3.63, 3.8) is 0 Å². The molecule has 2 aromatic rings. The molecule has 0 unspecified atom stereocenters. The van der Waals surface area contributed by atoms with Gasteiger partial charge in [-0.25, -0.2) is 8.78 Å². The number of hydrogen-bond donors (Lipinski definition) is 1. The smallest absolute Gasteiger partial charge is 0.257 e. The lowest BCUT2D eigenvalue weighted by Crippen LogP contribution is -2.21. The van der Waals surface area contributed by atoms with Gasteiger partial charge >= 0.3 is 0 Å². The third kappa shape index (κ3) is 2.97. The van der Waals surface area contributed by atoms with E-state index >= 15 is 0 Å². The summed E-state index contributed by atoms with van der Waals surface area (Å²) in [5, 5.41) is 2.65. The number of aromatic nitrogens is 1.